The van der Waals surface area contributed by atoms with E-state index in [2.05, 4.69) is 26.0 Å². The number of carbonyl (C=O) groups excluding carboxylic acids is 2. The maximum absolute atomic E-state index is 12.1. The van der Waals surface area contributed by atoms with Gasteiger partial charge < -0.3 is 14.6 Å². The van der Waals surface area contributed by atoms with Crippen molar-refractivity contribution in [3.63, 3.8) is 0 Å². The molecule has 0 aromatic carbocycles. The quantitative estimate of drug-likeness (QED) is 0.0868. The van der Waals surface area contributed by atoms with Crippen molar-refractivity contribution >= 4 is 17.9 Å². The molecule has 0 fully saturated rings. The zero-order valence-corrected chi connectivity index (χ0v) is 21.9. The number of hydrogen-bond donors (Lipinski definition) is 1. The molecule has 0 aliphatic heterocycles. The maximum atomic E-state index is 12.1. The Kier molecular flexibility index (Phi) is 23.0. The van der Waals surface area contributed by atoms with Gasteiger partial charge in [0.05, 0.1) is 19.4 Å². The van der Waals surface area contributed by atoms with Crippen LogP contribution in [0.1, 0.15) is 136 Å². The lowest BCUT2D eigenvalue weighted by atomic mass is 10.1. The van der Waals surface area contributed by atoms with Gasteiger partial charge in [-0.1, -0.05) is 83.8 Å². The standard InChI is InChI=1S/C28H50O6/c1-3-5-7-16-19-25(34-28(32)21-15-6-4-2)20-17-13-11-9-8-10-12-14-18-24-33-27(31)23-22-26(29)30/h13,17,25H,3-12,14-16,18-24H2,1-2H3,(H,29,30)/b17-13-/t25-/m1/s1. The first-order chi connectivity index (χ1) is 16.5. The molecule has 34 heavy (non-hydrogen) atoms. The highest BCUT2D eigenvalue weighted by Gasteiger charge is 2.13. The zero-order chi connectivity index (χ0) is 25.3. The van der Waals surface area contributed by atoms with Crippen LogP contribution in [-0.4, -0.2) is 35.7 Å². The third-order valence-corrected chi connectivity index (χ3v) is 5.80. The summed E-state index contributed by atoms with van der Waals surface area (Å²) in [6.45, 7) is 4.72. The Morgan fingerprint density at radius 2 is 1.35 bits per heavy atom. The van der Waals surface area contributed by atoms with Crippen LogP contribution in [0.5, 0.6) is 0 Å². The predicted molar refractivity (Wildman–Crippen MR) is 137 cm³/mol. The highest BCUT2D eigenvalue weighted by molar-refractivity contribution is 5.76. The van der Waals surface area contributed by atoms with Gasteiger partial charge in [-0.15, -0.1) is 0 Å². The van der Waals surface area contributed by atoms with Crippen molar-refractivity contribution in [2.45, 2.75) is 142 Å². The second-order valence-electron chi connectivity index (χ2n) is 9.15. The van der Waals surface area contributed by atoms with E-state index in [-0.39, 0.29) is 24.9 Å². The lowest BCUT2D eigenvalue weighted by Crippen LogP contribution is -2.17. The van der Waals surface area contributed by atoms with E-state index in [1.807, 2.05) is 0 Å². The monoisotopic (exact) mass is 482 g/mol. The van der Waals surface area contributed by atoms with E-state index < -0.39 is 11.9 Å². The number of carbonyl (C=O) groups is 3. The maximum Gasteiger partial charge on any atom is 0.306 e. The lowest BCUT2D eigenvalue weighted by Gasteiger charge is -2.16. The molecule has 6 nitrogen and oxygen atoms in total. The Labute approximate surface area is 207 Å². The van der Waals surface area contributed by atoms with Crippen LogP contribution >= 0.6 is 0 Å². The van der Waals surface area contributed by atoms with Gasteiger partial charge in [0.15, 0.2) is 0 Å². The van der Waals surface area contributed by atoms with Gasteiger partial charge in [-0.3, -0.25) is 14.4 Å². The number of rotatable bonds is 24. The van der Waals surface area contributed by atoms with Gasteiger partial charge in [-0.2, -0.15) is 0 Å². The van der Waals surface area contributed by atoms with Crippen LogP contribution in [0.4, 0.5) is 0 Å². The van der Waals surface area contributed by atoms with Crippen molar-refractivity contribution in [3.8, 4) is 0 Å². The fourth-order valence-corrected chi connectivity index (χ4v) is 3.69. The molecule has 1 atom stereocenters. The summed E-state index contributed by atoms with van der Waals surface area (Å²) in [5.41, 5.74) is 0. The van der Waals surface area contributed by atoms with E-state index >= 15 is 0 Å². The van der Waals surface area contributed by atoms with E-state index in [1.54, 1.807) is 0 Å². The van der Waals surface area contributed by atoms with Gasteiger partial charge in [0.2, 0.25) is 0 Å². The number of aliphatic carboxylic acids is 1. The molecular weight excluding hydrogens is 432 g/mol. The molecule has 0 saturated heterocycles. The molecular formula is C28H50O6. The Morgan fingerprint density at radius 3 is 2.06 bits per heavy atom. The average molecular weight is 483 g/mol. The first-order valence-electron chi connectivity index (χ1n) is 13.7. The van der Waals surface area contributed by atoms with Crippen LogP contribution in [0.25, 0.3) is 0 Å². The highest BCUT2D eigenvalue weighted by atomic mass is 16.5. The van der Waals surface area contributed by atoms with Gasteiger partial charge in [0, 0.05) is 12.8 Å². The zero-order valence-electron chi connectivity index (χ0n) is 21.9. The van der Waals surface area contributed by atoms with Gasteiger partial charge in [0.1, 0.15) is 6.10 Å². The summed E-state index contributed by atoms with van der Waals surface area (Å²) in [4.78, 5) is 33.8. The first kappa shape index (κ1) is 32.1. The van der Waals surface area contributed by atoms with Gasteiger partial charge in [-0.25, -0.2) is 0 Å². The Morgan fingerprint density at radius 1 is 0.706 bits per heavy atom. The van der Waals surface area contributed by atoms with Crippen LogP contribution in [-0.2, 0) is 23.9 Å². The third-order valence-electron chi connectivity index (χ3n) is 5.80. The minimum atomic E-state index is -0.977. The second-order valence-corrected chi connectivity index (χ2v) is 9.15. The molecule has 0 aliphatic rings. The summed E-state index contributed by atoms with van der Waals surface area (Å²) < 4.78 is 10.8. The van der Waals surface area contributed by atoms with Crippen LogP contribution in [0.3, 0.4) is 0 Å². The number of allylic oxidation sites excluding steroid dienone is 1. The topological polar surface area (TPSA) is 89.9 Å². The second kappa shape index (κ2) is 24.3. The fourth-order valence-electron chi connectivity index (χ4n) is 3.69. The van der Waals surface area contributed by atoms with Gasteiger partial charge in [0.25, 0.3) is 0 Å². The largest absolute Gasteiger partial charge is 0.481 e. The van der Waals surface area contributed by atoms with Crippen molar-refractivity contribution in [1.29, 1.82) is 0 Å². The molecule has 0 saturated carbocycles. The molecule has 0 heterocycles. The smallest absolute Gasteiger partial charge is 0.306 e. The van der Waals surface area contributed by atoms with Gasteiger partial charge >= 0.3 is 17.9 Å². The van der Waals surface area contributed by atoms with Crippen LogP contribution < -0.4 is 0 Å². The molecule has 0 bridgehead atoms. The third kappa shape index (κ3) is 23.3. The fraction of sp³-hybridized carbons (Fsp3) is 0.821. The van der Waals surface area contributed by atoms with Crippen molar-refractivity contribution < 1.29 is 29.0 Å². The summed E-state index contributed by atoms with van der Waals surface area (Å²) >= 11 is 0. The minimum absolute atomic E-state index is 0.0143. The first-order valence-corrected chi connectivity index (χ1v) is 13.7. The van der Waals surface area contributed by atoms with Crippen molar-refractivity contribution in [3.05, 3.63) is 12.2 Å². The number of carboxylic acids is 1. The SMILES string of the molecule is CCCCCC[C@H](C/C=C\CCCCCCCCOC(=O)CCC(=O)O)OC(=O)CCCCC. The highest BCUT2D eigenvalue weighted by Crippen LogP contribution is 2.15. The number of unbranched alkanes of at least 4 members (excludes halogenated alkanes) is 11. The minimum Gasteiger partial charge on any atom is -0.481 e. The molecule has 1 N–H and O–H groups in total. The van der Waals surface area contributed by atoms with Crippen LogP contribution in [0, 0.1) is 0 Å². The summed E-state index contributed by atoms with van der Waals surface area (Å²) in [5.74, 6) is -1.45. The van der Waals surface area contributed by atoms with E-state index in [0.29, 0.717) is 13.0 Å². The Balaban J connectivity index is 3.84. The van der Waals surface area contributed by atoms with E-state index in [0.717, 1.165) is 77.0 Å². The molecule has 198 valence electrons. The summed E-state index contributed by atoms with van der Waals surface area (Å²) in [6.07, 6.45) is 21.9. The van der Waals surface area contributed by atoms with Gasteiger partial charge in [-0.05, 0) is 38.5 Å². The van der Waals surface area contributed by atoms with Crippen molar-refractivity contribution in [1.82, 2.24) is 0 Å². The number of ether oxygens (including phenoxy) is 2. The predicted octanol–water partition coefficient (Wildman–Crippen LogP) is 7.53. The van der Waals surface area contributed by atoms with Crippen molar-refractivity contribution in [2.75, 3.05) is 6.61 Å². The van der Waals surface area contributed by atoms with E-state index in [9.17, 15) is 14.4 Å². The lowest BCUT2D eigenvalue weighted by molar-refractivity contribution is -0.149. The molecule has 0 rings (SSSR count). The summed E-state index contributed by atoms with van der Waals surface area (Å²) in [5, 5.41) is 8.53. The van der Waals surface area contributed by atoms with Crippen LogP contribution in [0.15, 0.2) is 12.2 Å². The molecule has 6 heteroatoms. The van der Waals surface area contributed by atoms with E-state index in [4.69, 9.17) is 14.6 Å². The number of carboxylic acid groups (broad SMARTS) is 1. The van der Waals surface area contributed by atoms with Crippen LogP contribution in [0.2, 0.25) is 0 Å². The molecule has 0 aromatic rings. The Bertz CT molecular complexity index is 543. The Hall–Kier alpha value is -1.85. The molecule has 0 aromatic heterocycles. The molecule has 0 unspecified atom stereocenters. The van der Waals surface area contributed by atoms with E-state index in [1.165, 1.54) is 25.7 Å². The van der Waals surface area contributed by atoms with Crippen molar-refractivity contribution in [2.24, 2.45) is 0 Å². The normalized spacial score (nSPS) is 12.1. The molecule has 0 amide bonds. The summed E-state index contributed by atoms with van der Waals surface area (Å²) in [6, 6.07) is 0. The number of hydrogen-bond acceptors (Lipinski definition) is 5. The average Bonchev–Trinajstić information content (AvgIpc) is 2.81. The number of esters is 2. The molecule has 0 radical (unpaired) electrons. The molecule has 0 aliphatic carbocycles. The summed E-state index contributed by atoms with van der Waals surface area (Å²) in [7, 11) is 0. The molecule has 0 spiro atoms.